The molecular formula is C13H10Cl2F3N3O3. The van der Waals surface area contributed by atoms with Crippen molar-refractivity contribution in [2.45, 2.75) is 13.1 Å². The number of nitrogens with zero attached hydrogens (tertiary/aromatic N) is 2. The van der Waals surface area contributed by atoms with Gasteiger partial charge in [-0.15, -0.1) is 5.10 Å². The van der Waals surface area contributed by atoms with Crippen molar-refractivity contribution < 1.29 is 27.8 Å². The number of alkyl halides is 3. The highest BCUT2D eigenvalue weighted by molar-refractivity contribution is 6.38. The quantitative estimate of drug-likeness (QED) is 0.789. The summed E-state index contributed by atoms with van der Waals surface area (Å²) in [6.45, 7) is 1.56. The largest absolute Gasteiger partial charge is 0.492 e. The molecule has 0 unspecified atom stereocenters. The smallest absolute Gasteiger partial charge is 0.416 e. The van der Waals surface area contributed by atoms with Crippen LogP contribution >= 0.6 is 23.2 Å². The lowest BCUT2D eigenvalue weighted by Gasteiger charge is -2.13. The van der Waals surface area contributed by atoms with E-state index in [1.165, 1.54) is 0 Å². The second-order valence-electron chi connectivity index (χ2n) is 4.50. The molecule has 0 bridgehead atoms. The topological polar surface area (TPSA) is 90.4 Å². The van der Waals surface area contributed by atoms with Crippen LogP contribution in [-0.2, 0) is 10.9 Å². The van der Waals surface area contributed by atoms with Crippen molar-refractivity contribution >= 4 is 35.0 Å². The van der Waals surface area contributed by atoms with E-state index in [1.54, 1.807) is 6.92 Å². The van der Waals surface area contributed by atoms with Crippen LogP contribution in [-0.4, -0.2) is 27.5 Å². The number of nitrogens with two attached hydrogens (primary N) is 1. The lowest BCUT2D eigenvalue weighted by Crippen LogP contribution is -2.10. The van der Waals surface area contributed by atoms with Gasteiger partial charge in [0.25, 0.3) is 0 Å². The first-order chi connectivity index (χ1) is 11.1. The Kier molecular flexibility index (Phi) is 4.86. The van der Waals surface area contributed by atoms with Gasteiger partial charge in [-0.25, -0.2) is 9.48 Å². The van der Waals surface area contributed by atoms with Gasteiger partial charge < -0.3 is 15.6 Å². The molecule has 0 fully saturated rings. The van der Waals surface area contributed by atoms with E-state index in [0.29, 0.717) is 12.1 Å². The van der Waals surface area contributed by atoms with Crippen molar-refractivity contribution in [3.05, 3.63) is 33.3 Å². The van der Waals surface area contributed by atoms with Gasteiger partial charge in [0.1, 0.15) is 11.5 Å². The molecule has 0 atom stereocenters. The number of carbonyl (C=O) groups is 1. The molecule has 1 aromatic heterocycles. The molecule has 0 aliphatic rings. The first-order valence-electron chi connectivity index (χ1n) is 6.39. The molecule has 130 valence electrons. The molecule has 0 aliphatic heterocycles. The molecule has 0 spiro atoms. The van der Waals surface area contributed by atoms with E-state index in [1.807, 2.05) is 0 Å². The van der Waals surface area contributed by atoms with Crippen LogP contribution < -0.4 is 5.73 Å². The van der Waals surface area contributed by atoms with E-state index in [9.17, 15) is 23.1 Å². The van der Waals surface area contributed by atoms with Gasteiger partial charge >= 0.3 is 12.1 Å². The van der Waals surface area contributed by atoms with Gasteiger partial charge in [0.05, 0.1) is 22.2 Å². The summed E-state index contributed by atoms with van der Waals surface area (Å²) in [5, 5.41) is 12.5. The van der Waals surface area contributed by atoms with Crippen molar-refractivity contribution in [1.29, 1.82) is 0 Å². The zero-order valence-electron chi connectivity index (χ0n) is 12.0. The highest BCUT2D eigenvalue weighted by Crippen LogP contribution is 2.39. The van der Waals surface area contributed by atoms with Gasteiger partial charge in [0.2, 0.25) is 5.88 Å². The van der Waals surface area contributed by atoms with E-state index in [2.05, 4.69) is 5.10 Å². The molecule has 6 nitrogen and oxygen atoms in total. The molecule has 0 saturated heterocycles. The monoisotopic (exact) mass is 383 g/mol. The lowest BCUT2D eigenvalue weighted by molar-refractivity contribution is -0.137. The van der Waals surface area contributed by atoms with E-state index < -0.39 is 39.2 Å². The Morgan fingerprint density at radius 1 is 1.38 bits per heavy atom. The minimum atomic E-state index is -4.65. The number of aromatic hydroxyl groups is 1. The molecule has 1 aromatic carbocycles. The number of ether oxygens (including phenoxy) is 1. The molecule has 3 N–H and O–H groups in total. The Bertz CT molecular complexity index is 783. The molecule has 24 heavy (non-hydrogen) atoms. The maximum Gasteiger partial charge on any atom is 0.416 e. The second-order valence-corrected chi connectivity index (χ2v) is 5.32. The molecule has 0 saturated carbocycles. The number of carbonyl (C=O) groups excluding carboxylic acids is 1. The van der Waals surface area contributed by atoms with Crippen molar-refractivity contribution in [3.63, 3.8) is 0 Å². The number of benzene rings is 1. The minimum absolute atomic E-state index is 0.0185. The fourth-order valence-corrected chi connectivity index (χ4v) is 2.57. The van der Waals surface area contributed by atoms with Crippen molar-refractivity contribution in [1.82, 2.24) is 9.78 Å². The summed E-state index contributed by atoms with van der Waals surface area (Å²) in [5.41, 5.74) is 4.01. The number of hydrogen-bond acceptors (Lipinski definition) is 5. The maximum absolute atomic E-state index is 12.8. The standard InChI is InChI=1S/C13H10Cl2F3N3O3/c1-2-24-12(23)8-10(19)21(20-11(8)22)9-6(14)3-5(4-7(9)15)13(16,17)18/h3-4H,2,19H2,1H3,(H,20,22). The molecule has 2 aromatic rings. The summed E-state index contributed by atoms with van der Waals surface area (Å²) in [7, 11) is 0. The van der Waals surface area contributed by atoms with Gasteiger partial charge in [-0.3, -0.25) is 0 Å². The predicted octanol–water partition coefficient (Wildman–Crippen LogP) is 3.66. The first-order valence-corrected chi connectivity index (χ1v) is 7.14. The summed E-state index contributed by atoms with van der Waals surface area (Å²) in [5.74, 6) is -2.09. The van der Waals surface area contributed by atoms with E-state index >= 15 is 0 Å². The van der Waals surface area contributed by atoms with Gasteiger partial charge in [0, 0.05) is 0 Å². The Labute approximate surface area is 143 Å². The van der Waals surface area contributed by atoms with Crippen LogP contribution in [0.5, 0.6) is 5.88 Å². The van der Waals surface area contributed by atoms with Crippen molar-refractivity contribution in [2.75, 3.05) is 12.3 Å². The zero-order valence-corrected chi connectivity index (χ0v) is 13.5. The van der Waals surface area contributed by atoms with Crippen LogP contribution in [0.4, 0.5) is 19.0 Å². The lowest BCUT2D eigenvalue weighted by atomic mass is 10.2. The molecule has 11 heteroatoms. The van der Waals surface area contributed by atoms with E-state index in [-0.39, 0.29) is 18.1 Å². The molecule has 1 heterocycles. The molecule has 0 amide bonds. The Hall–Kier alpha value is -2.13. The Balaban J connectivity index is 2.62. The Morgan fingerprint density at radius 3 is 2.38 bits per heavy atom. The average molecular weight is 384 g/mol. The molecule has 2 rings (SSSR count). The van der Waals surface area contributed by atoms with Crippen LogP contribution in [0.2, 0.25) is 10.0 Å². The minimum Gasteiger partial charge on any atom is -0.492 e. The highest BCUT2D eigenvalue weighted by atomic mass is 35.5. The maximum atomic E-state index is 12.8. The number of anilines is 1. The summed E-state index contributed by atoms with van der Waals surface area (Å²) >= 11 is 11.7. The number of nitrogen functional groups attached to an aromatic ring is 1. The Morgan fingerprint density at radius 2 is 1.92 bits per heavy atom. The number of hydrogen-bond donors (Lipinski definition) is 2. The third-order valence-electron chi connectivity index (χ3n) is 2.94. The SMILES string of the molecule is CCOC(=O)c1c(O)nn(-c2c(Cl)cc(C(F)(F)F)cc2Cl)c1N. The summed E-state index contributed by atoms with van der Waals surface area (Å²) in [6, 6.07) is 1.26. The third-order valence-corrected chi connectivity index (χ3v) is 3.51. The van der Waals surface area contributed by atoms with Gasteiger partial charge in [-0.2, -0.15) is 13.2 Å². The van der Waals surface area contributed by atoms with E-state index in [4.69, 9.17) is 33.7 Å². The third kappa shape index (κ3) is 3.22. The van der Waals surface area contributed by atoms with Crippen LogP contribution in [0.3, 0.4) is 0 Å². The normalized spacial score (nSPS) is 11.6. The summed E-state index contributed by atoms with van der Waals surface area (Å²) in [6.07, 6.45) is -4.65. The van der Waals surface area contributed by atoms with Gasteiger partial charge in [-0.05, 0) is 19.1 Å². The predicted molar refractivity (Wildman–Crippen MR) is 80.6 cm³/mol. The molecule has 0 aliphatic carbocycles. The van der Waals surface area contributed by atoms with E-state index in [0.717, 1.165) is 4.68 Å². The fourth-order valence-electron chi connectivity index (χ4n) is 1.92. The first kappa shape index (κ1) is 18.2. The fraction of sp³-hybridized carbons (Fsp3) is 0.231. The van der Waals surface area contributed by atoms with Crippen LogP contribution in [0, 0.1) is 0 Å². The average Bonchev–Trinajstić information content (AvgIpc) is 2.72. The highest BCUT2D eigenvalue weighted by Gasteiger charge is 2.33. The summed E-state index contributed by atoms with van der Waals surface area (Å²) in [4.78, 5) is 11.8. The van der Waals surface area contributed by atoms with Crippen LogP contribution in [0.15, 0.2) is 12.1 Å². The van der Waals surface area contributed by atoms with Crippen molar-refractivity contribution in [3.8, 4) is 11.6 Å². The van der Waals surface area contributed by atoms with Crippen molar-refractivity contribution in [2.24, 2.45) is 0 Å². The number of esters is 1. The number of aromatic nitrogens is 2. The summed E-state index contributed by atoms with van der Waals surface area (Å²) < 4.78 is 43.8. The number of halogens is 5. The molecular weight excluding hydrogens is 374 g/mol. The second kappa shape index (κ2) is 6.40. The number of rotatable bonds is 3. The van der Waals surface area contributed by atoms with Crippen LogP contribution in [0.1, 0.15) is 22.8 Å². The van der Waals surface area contributed by atoms with Crippen LogP contribution in [0.25, 0.3) is 5.69 Å². The van der Waals surface area contributed by atoms with Gasteiger partial charge in [0.15, 0.2) is 5.56 Å². The molecule has 0 radical (unpaired) electrons. The zero-order chi connectivity index (χ0) is 18.2. The van der Waals surface area contributed by atoms with Gasteiger partial charge in [-0.1, -0.05) is 23.2 Å².